The number of nitrogens with zero attached hydrogens (tertiary/aromatic N) is 1. The normalized spacial score (nSPS) is 10.8. The second kappa shape index (κ2) is 7.23. The van der Waals surface area contributed by atoms with Crippen LogP contribution < -0.4 is 5.32 Å². The van der Waals surface area contributed by atoms with E-state index in [0.29, 0.717) is 12.1 Å². The maximum atomic E-state index is 12.9. The summed E-state index contributed by atoms with van der Waals surface area (Å²) in [4.78, 5) is 18.7. The van der Waals surface area contributed by atoms with E-state index in [-0.39, 0.29) is 11.7 Å². The Labute approximate surface area is 116 Å². The van der Waals surface area contributed by atoms with Crippen molar-refractivity contribution >= 4 is 12.0 Å². The van der Waals surface area contributed by atoms with Gasteiger partial charge in [0.15, 0.2) is 0 Å². The van der Waals surface area contributed by atoms with Crippen molar-refractivity contribution in [2.75, 3.05) is 6.54 Å². The molecule has 0 aliphatic carbocycles. The van der Waals surface area contributed by atoms with Crippen LogP contribution in [0.25, 0.3) is 6.08 Å². The molecule has 5 heteroatoms. The van der Waals surface area contributed by atoms with Gasteiger partial charge in [-0.3, -0.25) is 4.79 Å². The number of imidazole rings is 1. The first-order valence-electron chi connectivity index (χ1n) is 6.44. The number of carbonyl (C=O) groups is 1. The second-order valence-electron chi connectivity index (χ2n) is 4.32. The molecular formula is C15H16FN3O. The maximum Gasteiger partial charge on any atom is 0.243 e. The van der Waals surface area contributed by atoms with E-state index in [2.05, 4.69) is 15.3 Å². The molecule has 0 bridgehead atoms. The van der Waals surface area contributed by atoms with Crippen molar-refractivity contribution in [2.24, 2.45) is 0 Å². The molecule has 0 saturated carbocycles. The fourth-order valence-electron chi connectivity index (χ4n) is 1.74. The number of aromatic amines is 1. The number of hydrogen-bond donors (Lipinski definition) is 2. The molecule has 0 aliphatic heterocycles. The lowest BCUT2D eigenvalue weighted by Crippen LogP contribution is -2.22. The fourth-order valence-corrected chi connectivity index (χ4v) is 1.74. The van der Waals surface area contributed by atoms with Gasteiger partial charge in [0.05, 0.1) is 0 Å². The molecule has 20 heavy (non-hydrogen) atoms. The number of aryl methyl sites for hydroxylation is 1. The molecule has 0 spiro atoms. The van der Waals surface area contributed by atoms with Gasteiger partial charge in [0, 0.05) is 31.4 Å². The number of benzene rings is 1. The van der Waals surface area contributed by atoms with Gasteiger partial charge in [-0.05, 0) is 30.2 Å². The van der Waals surface area contributed by atoms with Gasteiger partial charge in [0.1, 0.15) is 11.6 Å². The molecule has 2 aromatic rings. The number of carbonyl (C=O) groups excluding carboxylic acids is 1. The molecule has 0 saturated heterocycles. The quantitative estimate of drug-likeness (QED) is 0.627. The first kappa shape index (κ1) is 14.0. The van der Waals surface area contributed by atoms with Crippen molar-refractivity contribution in [1.82, 2.24) is 15.3 Å². The second-order valence-corrected chi connectivity index (χ2v) is 4.32. The lowest BCUT2D eigenvalue weighted by molar-refractivity contribution is -0.116. The average Bonchev–Trinajstić information content (AvgIpc) is 2.95. The number of rotatable bonds is 6. The zero-order valence-electron chi connectivity index (χ0n) is 11.0. The van der Waals surface area contributed by atoms with Gasteiger partial charge in [0.25, 0.3) is 0 Å². The van der Waals surface area contributed by atoms with Gasteiger partial charge < -0.3 is 10.3 Å². The van der Waals surface area contributed by atoms with Crippen molar-refractivity contribution < 1.29 is 9.18 Å². The highest BCUT2D eigenvalue weighted by Crippen LogP contribution is 2.05. The minimum absolute atomic E-state index is 0.186. The van der Waals surface area contributed by atoms with E-state index in [9.17, 15) is 9.18 Å². The van der Waals surface area contributed by atoms with E-state index in [0.717, 1.165) is 18.7 Å². The van der Waals surface area contributed by atoms with E-state index in [1.807, 2.05) is 0 Å². The molecule has 4 nitrogen and oxygen atoms in total. The van der Waals surface area contributed by atoms with Gasteiger partial charge in [0.2, 0.25) is 5.91 Å². The molecule has 1 amide bonds. The Hall–Kier alpha value is -2.43. The first-order valence-corrected chi connectivity index (χ1v) is 6.44. The largest absolute Gasteiger partial charge is 0.353 e. The molecule has 0 atom stereocenters. The van der Waals surface area contributed by atoms with Gasteiger partial charge in [-0.15, -0.1) is 0 Å². The molecule has 1 aromatic heterocycles. The molecule has 104 valence electrons. The van der Waals surface area contributed by atoms with Crippen LogP contribution in [-0.4, -0.2) is 22.4 Å². The average molecular weight is 273 g/mol. The number of hydrogen-bond acceptors (Lipinski definition) is 2. The maximum absolute atomic E-state index is 12.9. The minimum Gasteiger partial charge on any atom is -0.353 e. The molecule has 1 heterocycles. The Morgan fingerprint density at radius 2 is 2.35 bits per heavy atom. The molecule has 1 aromatic carbocycles. The molecular weight excluding hydrogens is 257 g/mol. The van der Waals surface area contributed by atoms with Crippen molar-refractivity contribution in [1.29, 1.82) is 0 Å². The Kier molecular flexibility index (Phi) is 5.06. The number of aromatic nitrogens is 2. The summed E-state index contributed by atoms with van der Waals surface area (Å²) in [6, 6.07) is 6.09. The van der Waals surface area contributed by atoms with Crippen LogP contribution >= 0.6 is 0 Å². The molecule has 2 N–H and O–H groups in total. The summed E-state index contributed by atoms with van der Waals surface area (Å²) in [5, 5.41) is 2.77. The van der Waals surface area contributed by atoms with Gasteiger partial charge in [-0.2, -0.15) is 0 Å². The van der Waals surface area contributed by atoms with Crippen LogP contribution in [0, 0.1) is 5.82 Å². The van der Waals surface area contributed by atoms with Crippen LogP contribution in [0.1, 0.15) is 17.8 Å². The van der Waals surface area contributed by atoms with Crippen LogP contribution in [0.2, 0.25) is 0 Å². The topological polar surface area (TPSA) is 57.8 Å². The summed E-state index contributed by atoms with van der Waals surface area (Å²) in [6.45, 7) is 0.576. The monoisotopic (exact) mass is 273 g/mol. The summed E-state index contributed by atoms with van der Waals surface area (Å²) in [5.74, 6) is 0.411. The summed E-state index contributed by atoms with van der Waals surface area (Å²) in [6.07, 6.45) is 8.08. The van der Waals surface area contributed by atoms with Crippen LogP contribution in [0.3, 0.4) is 0 Å². The standard InChI is InChI=1S/C15H16FN3O/c16-13-4-1-3-12(11-13)6-7-15(20)19-8-2-5-14-17-9-10-18-14/h1,3-4,6-7,9-11H,2,5,8H2,(H,17,18)(H,19,20)/b7-6+. The van der Waals surface area contributed by atoms with E-state index in [4.69, 9.17) is 0 Å². The third-order valence-electron chi connectivity index (χ3n) is 2.72. The molecule has 0 radical (unpaired) electrons. The highest BCUT2D eigenvalue weighted by Gasteiger charge is 1.98. The molecule has 0 aliphatic rings. The predicted molar refractivity (Wildman–Crippen MR) is 75.4 cm³/mol. The summed E-state index contributed by atoms with van der Waals surface area (Å²) in [5.41, 5.74) is 0.663. The van der Waals surface area contributed by atoms with Crippen LogP contribution in [0.5, 0.6) is 0 Å². The van der Waals surface area contributed by atoms with Gasteiger partial charge in [-0.25, -0.2) is 9.37 Å². The van der Waals surface area contributed by atoms with Gasteiger partial charge >= 0.3 is 0 Å². The van der Waals surface area contributed by atoms with Crippen LogP contribution in [0.4, 0.5) is 4.39 Å². The third-order valence-corrected chi connectivity index (χ3v) is 2.72. The number of amides is 1. The van der Waals surface area contributed by atoms with Gasteiger partial charge in [-0.1, -0.05) is 12.1 Å². The third kappa shape index (κ3) is 4.68. The number of nitrogens with one attached hydrogen (secondary N) is 2. The highest BCUT2D eigenvalue weighted by molar-refractivity contribution is 5.91. The number of halogens is 1. The Balaban J connectivity index is 1.70. The highest BCUT2D eigenvalue weighted by atomic mass is 19.1. The van der Waals surface area contributed by atoms with Crippen LogP contribution in [-0.2, 0) is 11.2 Å². The minimum atomic E-state index is -0.314. The number of H-pyrrole nitrogens is 1. The van der Waals surface area contributed by atoms with Crippen molar-refractivity contribution in [3.63, 3.8) is 0 Å². The predicted octanol–water partition coefficient (Wildman–Crippen LogP) is 2.31. The van der Waals surface area contributed by atoms with Crippen LogP contribution in [0.15, 0.2) is 42.7 Å². The molecule has 0 fully saturated rings. The fraction of sp³-hybridized carbons (Fsp3) is 0.200. The molecule has 2 rings (SSSR count). The zero-order chi connectivity index (χ0) is 14.2. The Morgan fingerprint density at radius 3 is 3.10 bits per heavy atom. The molecule has 0 unspecified atom stereocenters. The Bertz CT molecular complexity index is 579. The summed E-state index contributed by atoms with van der Waals surface area (Å²) in [7, 11) is 0. The van der Waals surface area contributed by atoms with E-state index >= 15 is 0 Å². The van der Waals surface area contributed by atoms with Crippen molar-refractivity contribution in [3.8, 4) is 0 Å². The lowest BCUT2D eigenvalue weighted by atomic mass is 10.2. The van der Waals surface area contributed by atoms with Crippen molar-refractivity contribution in [2.45, 2.75) is 12.8 Å². The van der Waals surface area contributed by atoms with E-state index in [1.165, 1.54) is 18.2 Å². The summed E-state index contributed by atoms with van der Waals surface area (Å²) >= 11 is 0. The summed E-state index contributed by atoms with van der Waals surface area (Å²) < 4.78 is 12.9. The van der Waals surface area contributed by atoms with E-state index < -0.39 is 0 Å². The van der Waals surface area contributed by atoms with Crippen molar-refractivity contribution in [3.05, 3.63) is 59.9 Å². The zero-order valence-corrected chi connectivity index (χ0v) is 11.0. The van der Waals surface area contributed by atoms with E-state index in [1.54, 1.807) is 30.6 Å². The Morgan fingerprint density at radius 1 is 1.45 bits per heavy atom. The smallest absolute Gasteiger partial charge is 0.243 e. The lowest BCUT2D eigenvalue weighted by Gasteiger charge is -2.00. The SMILES string of the molecule is O=C(/C=C/c1cccc(F)c1)NCCCc1ncc[nH]1. The first-order chi connectivity index (χ1) is 9.74.